The molecule has 5 N–H and O–H groups in total. The van der Waals surface area contributed by atoms with Gasteiger partial charge in [0.2, 0.25) is 0 Å². The topological polar surface area (TPSA) is 70.3 Å². The molecule has 98 valence electrons. The van der Waals surface area contributed by atoms with Crippen LogP contribution in [-0.4, -0.2) is 36.7 Å². The van der Waals surface area contributed by atoms with Gasteiger partial charge in [-0.15, -0.1) is 0 Å². The summed E-state index contributed by atoms with van der Waals surface area (Å²) >= 11 is 0. The number of nitrogens with two attached hydrogens (primary N) is 2. The second-order valence-electron chi connectivity index (χ2n) is 4.74. The van der Waals surface area contributed by atoms with Gasteiger partial charge in [0.05, 0.1) is 13.1 Å². The predicted molar refractivity (Wildman–Crippen MR) is 74.6 cm³/mol. The molecule has 0 unspecified atom stereocenters. The van der Waals surface area contributed by atoms with Crippen LogP contribution in [0.15, 0.2) is 18.2 Å². The van der Waals surface area contributed by atoms with Crippen molar-refractivity contribution in [2.45, 2.75) is 13.8 Å². The summed E-state index contributed by atoms with van der Waals surface area (Å²) in [7, 11) is 0. The zero-order chi connectivity index (χ0) is 13.1. The number of anilines is 1. The van der Waals surface area contributed by atoms with Crippen molar-refractivity contribution < 1.29 is 4.58 Å². The van der Waals surface area contributed by atoms with Crippen LogP contribution in [0.1, 0.15) is 11.1 Å². The van der Waals surface area contributed by atoms with Gasteiger partial charge in [-0.05, 0) is 25.0 Å². The highest BCUT2D eigenvalue weighted by Crippen LogP contribution is 2.24. The zero-order valence-corrected chi connectivity index (χ0v) is 11.1. The van der Waals surface area contributed by atoms with Crippen LogP contribution in [0.5, 0.6) is 0 Å². The third-order valence-corrected chi connectivity index (χ3v) is 3.52. The molecule has 0 spiro atoms. The van der Waals surface area contributed by atoms with Gasteiger partial charge in [-0.2, -0.15) is 5.84 Å². The van der Waals surface area contributed by atoms with Crippen molar-refractivity contribution >= 4 is 11.6 Å². The van der Waals surface area contributed by atoms with E-state index in [1.54, 1.807) is 0 Å². The SMILES string of the molecule is Cc1cccc(C)c1N1CC[N+](=C(N)NN)CC1. The van der Waals surface area contributed by atoms with Gasteiger partial charge in [0, 0.05) is 18.8 Å². The summed E-state index contributed by atoms with van der Waals surface area (Å²) in [5.74, 6) is 5.88. The maximum atomic E-state index is 5.78. The van der Waals surface area contributed by atoms with E-state index in [2.05, 4.69) is 46.9 Å². The van der Waals surface area contributed by atoms with Crippen molar-refractivity contribution in [3.63, 3.8) is 0 Å². The molecule has 1 aliphatic heterocycles. The van der Waals surface area contributed by atoms with Crippen molar-refractivity contribution in [3.05, 3.63) is 29.3 Å². The molecule has 18 heavy (non-hydrogen) atoms. The van der Waals surface area contributed by atoms with Crippen LogP contribution >= 0.6 is 0 Å². The van der Waals surface area contributed by atoms with Gasteiger partial charge < -0.3 is 4.90 Å². The first-order valence-electron chi connectivity index (χ1n) is 6.28. The highest BCUT2D eigenvalue weighted by atomic mass is 15.4. The van der Waals surface area contributed by atoms with Crippen LogP contribution in [0, 0.1) is 13.8 Å². The van der Waals surface area contributed by atoms with Gasteiger partial charge in [-0.3, -0.25) is 10.3 Å². The first kappa shape index (κ1) is 12.7. The first-order valence-corrected chi connectivity index (χ1v) is 6.28. The second-order valence-corrected chi connectivity index (χ2v) is 4.74. The first-order chi connectivity index (χ1) is 8.63. The minimum absolute atomic E-state index is 0.552. The van der Waals surface area contributed by atoms with Crippen LogP contribution in [-0.2, 0) is 0 Å². The smallest absolute Gasteiger partial charge is 0.360 e. The van der Waals surface area contributed by atoms with E-state index in [9.17, 15) is 0 Å². The molecule has 0 aromatic heterocycles. The Kier molecular flexibility index (Phi) is 3.72. The summed E-state index contributed by atoms with van der Waals surface area (Å²) in [4.78, 5) is 2.42. The van der Waals surface area contributed by atoms with Crippen molar-refractivity contribution in [2.24, 2.45) is 11.6 Å². The van der Waals surface area contributed by atoms with E-state index in [0.29, 0.717) is 5.96 Å². The fourth-order valence-corrected chi connectivity index (χ4v) is 2.57. The highest BCUT2D eigenvalue weighted by molar-refractivity contribution is 5.72. The Labute approximate surface area is 108 Å². The molecule has 1 aromatic rings. The number of rotatable bonds is 1. The number of hydrogen-bond acceptors (Lipinski definition) is 2. The number of aryl methyl sites for hydroxylation is 2. The summed E-state index contributed by atoms with van der Waals surface area (Å²) in [6, 6.07) is 6.43. The summed E-state index contributed by atoms with van der Waals surface area (Å²) in [5, 5.41) is 0. The standard InChI is InChI=1S/C13H21N5/c1-10-4-3-5-11(2)12(10)17-6-8-18(9-7-17)13(14)16-15/h3-5H,6-9,15H2,1-2H3,(H2,14,16)/p+1. The summed E-state index contributed by atoms with van der Waals surface area (Å²) in [5.41, 5.74) is 12.3. The van der Waals surface area contributed by atoms with E-state index < -0.39 is 0 Å². The minimum Gasteiger partial charge on any atom is -0.365 e. The average Bonchev–Trinajstić information content (AvgIpc) is 2.38. The molecular weight excluding hydrogens is 226 g/mol. The number of piperazine rings is 1. The quantitative estimate of drug-likeness (QED) is 0.281. The number of benzene rings is 1. The van der Waals surface area contributed by atoms with Crippen LogP contribution in [0.3, 0.4) is 0 Å². The molecule has 0 saturated carbocycles. The van der Waals surface area contributed by atoms with Gasteiger partial charge in [0.15, 0.2) is 0 Å². The number of para-hydroxylation sites is 1. The van der Waals surface area contributed by atoms with Gasteiger partial charge in [-0.1, -0.05) is 18.2 Å². The van der Waals surface area contributed by atoms with Crippen LogP contribution < -0.4 is 21.9 Å². The molecular formula is C13H22N5+. The third-order valence-electron chi connectivity index (χ3n) is 3.52. The van der Waals surface area contributed by atoms with Crippen LogP contribution in [0.4, 0.5) is 5.69 Å². The number of hydrazine groups is 1. The van der Waals surface area contributed by atoms with Crippen molar-refractivity contribution in [1.82, 2.24) is 5.43 Å². The monoisotopic (exact) mass is 248 g/mol. The number of guanidine groups is 1. The Morgan fingerprint density at radius 3 is 2.28 bits per heavy atom. The Balaban J connectivity index is 2.15. The lowest BCUT2D eigenvalue weighted by Crippen LogP contribution is -2.51. The fraction of sp³-hybridized carbons (Fsp3) is 0.462. The summed E-state index contributed by atoms with van der Waals surface area (Å²) < 4.78 is 2.07. The molecule has 1 saturated heterocycles. The number of nitrogens with one attached hydrogen (secondary N) is 1. The number of nitrogens with zero attached hydrogens (tertiary/aromatic N) is 2. The third kappa shape index (κ3) is 2.41. The zero-order valence-electron chi connectivity index (χ0n) is 11.1. The average molecular weight is 248 g/mol. The Morgan fingerprint density at radius 1 is 1.22 bits per heavy atom. The summed E-state index contributed by atoms with van der Waals surface area (Å²) in [6.45, 7) is 8.04. The minimum atomic E-state index is 0.552. The molecule has 2 rings (SSSR count). The predicted octanol–water partition coefficient (Wildman–Crippen LogP) is -0.0861. The number of hydrogen-bond donors (Lipinski definition) is 3. The van der Waals surface area contributed by atoms with E-state index in [0.717, 1.165) is 26.2 Å². The molecule has 1 fully saturated rings. The van der Waals surface area contributed by atoms with Gasteiger partial charge in [-0.25, -0.2) is 5.43 Å². The Bertz CT molecular complexity index is 436. The molecule has 0 atom stereocenters. The molecule has 0 amide bonds. The van der Waals surface area contributed by atoms with Gasteiger partial charge >= 0.3 is 5.96 Å². The molecule has 0 bridgehead atoms. The Hall–Kier alpha value is -1.75. The largest absolute Gasteiger partial charge is 0.365 e. The maximum absolute atomic E-state index is 5.78. The van der Waals surface area contributed by atoms with Gasteiger partial charge in [0.1, 0.15) is 0 Å². The maximum Gasteiger partial charge on any atom is 0.360 e. The Morgan fingerprint density at radius 2 is 1.78 bits per heavy atom. The van der Waals surface area contributed by atoms with E-state index in [1.165, 1.54) is 16.8 Å². The lowest BCUT2D eigenvalue weighted by Gasteiger charge is -2.32. The van der Waals surface area contributed by atoms with E-state index in [4.69, 9.17) is 11.6 Å². The van der Waals surface area contributed by atoms with Crippen molar-refractivity contribution in [1.29, 1.82) is 0 Å². The van der Waals surface area contributed by atoms with Crippen LogP contribution in [0.25, 0.3) is 0 Å². The van der Waals surface area contributed by atoms with E-state index in [1.807, 2.05) is 0 Å². The second kappa shape index (κ2) is 5.27. The molecule has 5 heteroatoms. The van der Waals surface area contributed by atoms with E-state index in [-0.39, 0.29) is 0 Å². The lowest BCUT2D eigenvalue weighted by atomic mass is 10.1. The molecule has 1 aliphatic rings. The van der Waals surface area contributed by atoms with E-state index >= 15 is 0 Å². The molecule has 1 aromatic carbocycles. The van der Waals surface area contributed by atoms with Gasteiger partial charge in [0.25, 0.3) is 0 Å². The van der Waals surface area contributed by atoms with Crippen LogP contribution in [0.2, 0.25) is 0 Å². The molecule has 0 aliphatic carbocycles. The molecule has 0 radical (unpaired) electrons. The normalized spacial score (nSPS) is 15.7. The summed E-state index contributed by atoms with van der Waals surface area (Å²) in [6.07, 6.45) is 0. The highest BCUT2D eigenvalue weighted by Gasteiger charge is 2.20. The fourth-order valence-electron chi connectivity index (χ4n) is 2.57. The molecule has 1 heterocycles. The van der Waals surface area contributed by atoms with Crippen molar-refractivity contribution in [3.8, 4) is 0 Å². The lowest BCUT2D eigenvalue weighted by molar-refractivity contribution is -0.532. The van der Waals surface area contributed by atoms with Crippen molar-refractivity contribution in [2.75, 3.05) is 31.1 Å². The molecule has 5 nitrogen and oxygen atoms in total.